The lowest BCUT2D eigenvalue weighted by Gasteiger charge is -2.30. The number of nitrogens with one attached hydrogen (secondary N) is 3. The van der Waals surface area contributed by atoms with Gasteiger partial charge in [0.15, 0.2) is 0 Å². The van der Waals surface area contributed by atoms with Gasteiger partial charge in [0.1, 0.15) is 23.7 Å². The highest BCUT2D eigenvalue weighted by molar-refractivity contribution is 7.91. The Balaban J connectivity index is 1.27. The quantitative estimate of drug-likeness (QED) is 0.324. The molecular weight excluding hydrogens is 689 g/mol. The molecule has 0 unspecified atom stereocenters. The number of amides is 6. The molecule has 6 rings (SSSR count). The van der Waals surface area contributed by atoms with E-state index in [0.717, 1.165) is 42.4 Å². The zero-order valence-electron chi connectivity index (χ0n) is 30.0. The number of hydrogen-bond acceptors (Lipinski definition) is 8. The molecule has 5 aliphatic rings. The van der Waals surface area contributed by atoms with Gasteiger partial charge in [-0.25, -0.2) is 18.0 Å². The van der Waals surface area contributed by atoms with Crippen LogP contribution < -0.4 is 15.4 Å². The number of hydrogen-bond donors (Lipinski definition) is 3. The number of rotatable bonds is 9. The third-order valence-corrected chi connectivity index (χ3v) is 12.7. The van der Waals surface area contributed by atoms with Crippen LogP contribution in [-0.2, 0) is 42.2 Å². The summed E-state index contributed by atoms with van der Waals surface area (Å²) in [5, 5.41) is 5.00. The van der Waals surface area contributed by atoms with Crippen molar-refractivity contribution in [2.45, 2.75) is 113 Å². The first-order valence-electron chi connectivity index (χ1n) is 18.4. The van der Waals surface area contributed by atoms with Crippen LogP contribution in [0, 0.1) is 5.92 Å². The van der Waals surface area contributed by atoms with Crippen molar-refractivity contribution in [1.82, 2.24) is 30.1 Å². The molecule has 3 heterocycles. The highest BCUT2D eigenvalue weighted by Crippen LogP contribution is 2.45. The first-order valence-corrected chi connectivity index (χ1v) is 20.0. The van der Waals surface area contributed by atoms with Crippen LogP contribution in [-0.4, -0.2) is 102 Å². The largest absolute Gasteiger partial charge is 0.444 e. The molecule has 15 heteroatoms. The van der Waals surface area contributed by atoms with Crippen LogP contribution in [0.2, 0.25) is 0 Å². The fourth-order valence-electron chi connectivity index (χ4n) is 7.39. The zero-order chi connectivity index (χ0) is 37.2. The highest BCUT2D eigenvalue weighted by atomic mass is 32.2. The van der Waals surface area contributed by atoms with E-state index in [0.29, 0.717) is 45.3 Å². The molecule has 3 N–H and O–H groups in total. The van der Waals surface area contributed by atoms with Gasteiger partial charge in [0.2, 0.25) is 21.8 Å². The molecule has 14 nitrogen and oxygen atoms in total. The average molecular weight is 739 g/mol. The van der Waals surface area contributed by atoms with Gasteiger partial charge in [0.25, 0.3) is 5.91 Å². The van der Waals surface area contributed by atoms with Crippen LogP contribution in [0.5, 0.6) is 0 Å². The summed E-state index contributed by atoms with van der Waals surface area (Å²) >= 11 is 0. The maximum atomic E-state index is 14.4. The number of nitrogens with zero attached hydrogens (tertiary/aromatic N) is 3. The first kappa shape index (κ1) is 37.4. The number of ether oxygens (including phenoxy) is 1. The Bertz CT molecular complexity index is 1740. The summed E-state index contributed by atoms with van der Waals surface area (Å²) in [4.78, 5) is 73.4. The Hall–Kier alpha value is -4.40. The number of fused-ring (bicyclic) bond motifs is 3. The van der Waals surface area contributed by atoms with Gasteiger partial charge < -0.3 is 25.2 Å². The third kappa shape index (κ3) is 7.98. The highest BCUT2D eigenvalue weighted by Gasteiger charge is 2.62. The predicted molar refractivity (Wildman–Crippen MR) is 193 cm³/mol. The van der Waals surface area contributed by atoms with Crippen molar-refractivity contribution in [3.05, 3.63) is 53.6 Å². The van der Waals surface area contributed by atoms with Gasteiger partial charge in [-0.15, -0.1) is 6.58 Å². The van der Waals surface area contributed by atoms with Crippen molar-refractivity contribution in [3.8, 4) is 0 Å². The van der Waals surface area contributed by atoms with Gasteiger partial charge >= 0.3 is 12.1 Å². The molecule has 1 aromatic carbocycles. The van der Waals surface area contributed by atoms with Crippen molar-refractivity contribution < 1.29 is 37.1 Å². The fraction of sp³-hybridized carbons (Fsp3) is 0.595. The summed E-state index contributed by atoms with van der Waals surface area (Å²) in [5.41, 5.74) is 1.52. The maximum Gasteiger partial charge on any atom is 0.410 e. The van der Waals surface area contributed by atoms with Crippen LogP contribution in [0.1, 0.15) is 87.8 Å². The topological polar surface area (TPSA) is 175 Å². The minimum absolute atomic E-state index is 0.0523. The number of urea groups is 1. The van der Waals surface area contributed by atoms with E-state index in [9.17, 15) is 32.4 Å². The van der Waals surface area contributed by atoms with Crippen molar-refractivity contribution in [2.24, 2.45) is 5.92 Å². The SMILES string of the molecule is C=C[C@@H]1C[C@]1(NC(=O)[C@@H]1C[C@@H]2CN1C(=O)[C@H](CCCC)NC(=O)N(C)CCCC/C=C/c1cccc3c1CN(C3)C(=O)O2)C(=O)NS(=O)(=O)C1CC1. The monoisotopic (exact) mass is 738 g/mol. The van der Waals surface area contributed by atoms with Crippen LogP contribution in [0.25, 0.3) is 6.08 Å². The molecule has 2 saturated carbocycles. The van der Waals surface area contributed by atoms with E-state index in [1.54, 1.807) is 16.8 Å². The van der Waals surface area contributed by atoms with Crippen molar-refractivity contribution in [3.63, 3.8) is 0 Å². The maximum absolute atomic E-state index is 14.4. The molecular formula is C37H50N6O8S. The van der Waals surface area contributed by atoms with Crippen molar-refractivity contribution in [2.75, 3.05) is 20.1 Å². The van der Waals surface area contributed by atoms with Crippen LogP contribution >= 0.6 is 0 Å². The lowest BCUT2D eigenvalue weighted by molar-refractivity contribution is -0.141. The molecule has 3 fully saturated rings. The summed E-state index contributed by atoms with van der Waals surface area (Å²) in [7, 11) is -2.22. The molecule has 1 aromatic rings. The summed E-state index contributed by atoms with van der Waals surface area (Å²) < 4.78 is 33.4. The minimum atomic E-state index is -3.90. The van der Waals surface area contributed by atoms with Gasteiger partial charge in [-0.1, -0.05) is 56.2 Å². The molecule has 0 radical (unpaired) electrons. The van der Waals surface area contributed by atoms with Crippen molar-refractivity contribution in [1.29, 1.82) is 0 Å². The summed E-state index contributed by atoms with van der Waals surface area (Å²) in [6, 6.07) is 3.42. The number of sulfonamides is 1. The standard InChI is InChI=1S/C37H50N6O8S/c1-4-6-15-30-33(45)43-22-27(19-31(43)32(44)39-37(20-26(37)5-2)34(46)40-52(49,50)28-16-17-28)51-36(48)42-21-25-14-11-13-24(29(25)23-42)12-9-7-8-10-18-41(3)35(47)38-30/h5,9,11-14,26-28,30-31H,2,4,6-8,10,15-23H2,1,3H3,(H,38,47)(H,39,44)(H,40,46)/b12-9+/t26-,27-,30+,31+,37-/m1/s1. The third-order valence-electron chi connectivity index (χ3n) is 10.8. The molecule has 5 atom stereocenters. The van der Waals surface area contributed by atoms with Gasteiger partial charge in [-0.3, -0.25) is 24.0 Å². The number of benzene rings is 1. The van der Waals surface area contributed by atoms with E-state index in [4.69, 9.17) is 4.74 Å². The minimum Gasteiger partial charge on any atom is -0.444 e. The fourth-order valence-corrected chi connectivity index (χ4v) is 8.76. The van der Waals surface area contributed by atoms with Gasteiger partial charge in [0, 0.05) is 32.5 Å². The zero-order valence-corrected chi connectivity index (χ0v) is 30.8. The number of carbonyl (C=O) groups is 5. The lowest BCUT2D eigenvalue weighted by atomic mass is 10.0. The second-order valence-electron chi connectivity index (χ2n) is 14.7. The second kappa shape index (κ2) is 15.3. The molecule has 4 bridgehead atoms. The Morgan fingerprint density at radius 2 is 1.94 bits per heavy atom. The summed E-state index contributed by atoms with van der Waals surface area (Å²) in [6.07, 6.45) is 9.37. The Morgan fingerprint density at radius 1 is 1.15 bits per heavy atom. The second-order valence-corrected chi connectivity index (χ2v) is 16.7. The molecule has 6 amide bonds. The van der Waals surface area contributed by atoms with Gasteiger partial charge in [-0.05, 0) is 61.6 Å². The van der Waals surface area contributed by atoms with E-state index < -0.39 is 74.8 Å². The molecule has 3 aliphatic heterocycles. The predicted octanol–water partition coefficient (Wildman–Crippen LogP) is 3.17. The summed E-state index contributed by atoms with van der Waals surface area (Å²) in [5.74, 6) is -2.56. The average Bonchev–Trinajstić information content (AvgIpc) is 4.01. The van der Waals surface area contributed by atoms with E-state index in [2.05, 4.69) is 34.1 Å². The van der Waals surface area contributed by atoms with E-state index in [1.807, 2.05) is 25.1 Å². The number of unbranched alkanes of at least 4 members (excludes halogenated alkanes) is 1. The van der Waals surface area contributed by atoms with Crippen LogP contribution in [0.3, 0.4) is 0 Å². The van der Waals surface area contributed by atoms with E-state index in [1.165, 1.54) is 11.0 Å². The Morgan fingerprint density at radius 3 is 2.65 bits per heavy atom. The number of allylic oxidation sites excluding steroid dienone is 1. The van der Waals surface area contributed by atoms with E-state index >= 15 is 0 Å². The van der Waals surface area contributed by atoms with Gasteiger partial charge in [0.05, 0.1) is 18.3 Å². The molecule has 52 heavy (non-hydrogen) atoms. The molecule has 1 saturated heterocycles. The lowest BCUT2D eigenvalue weighted by Crippen LogP contribution is -2.58. The summed E-state index contributed by atoms with van der Waals surface area (Å²) in [6.45, 7) is 6.83. The normalized spacial score (nSPS) is 28.8. The molecule has 282 valence electrons. The van der Waals surface area contributed by atoms with Crippen molar-refractivity contribution >= 4 is 45.9 Å². The number of carbonyl (C=O) groups excluding carboxylic acids is 5. The molecule has 0 spiro atoms. The Labute approximate surface area is 305 Å². The Kier molecular flexibility index (Phi) is 11.0. The van der Waals surface area contributed by atoms with Gasteiger partial charge in [-0.2, -0.15) is 0 Å². The molecule has 2 aliphatic carbocycles. The van der Waals surface area contributed by atoms with E-state index in [-0.39, 0.29) is 19.4 Å². The van der Waals surface area contributed by atoms with Crippen LogP contribution in [0.15, 0.2) is 36.9 Å². The van der Waals surface area contributed by atoms with Crippen LogP contribution in [0.4, 0.5) is 9.59 Å². The first-order chi connectivity index (χ1) is 24.9. The smallest absolute Gasteiger partial charge is 0.410 e. The molecule has 0 aromatic heterocycles.